The Balaban J connectivity index is 2.01. The fourth-order valence-corrected chi connectivity index (χ4v) is 3.68. The molecule has 1 aromatic carbocycles. The molecule has 2 aromatic rings. The number of fused-ring (bicyclic) bond motifs is 1. The number of rotatable bonds is 3. The van der Waals surface area contributed by atoms with Crippen molar-refractivity contribution in [1.82, 2.24) is 0 Å². The Morgan fingerprint density at radius 3 is 2.81 bits per heavy atom. The van der Waals surface area contributed by atoms with Gasteiger partial charge in [-0.1, -0.05) is 25.1 Å². The Morgan fingerprint density at radius 1 is 1.33 bits per heavy atom. The van der Waals surface area contributed by atoms with Crippen LogP contribution in [0.4, 0.5) is 5.69 Å². The molecule has 1 amide bonds. The van der Waals surface area contributed by atoms with Crippen LogP contribution in [0.15, 0.2) is 35.7 Å². The number of hydrogen-bond donors (Lipinski definition) is 1. The van der Waals surface area contributed by atoms with E-state index < -0.39 is 11.9 Å². The highest BCUT2D eigenvalue weighted by molar-refractivity contribution is 7.12. The Bertz CT molecular complexity index is 707. The Hall–Kier alpha value is -2.14. The molecule has 108 valence electrons. The molecule has 21 heavy (non-hydrogen) atoms. The van der Waals surface area contributed by atoms with Crippen molar-refractivity contribution in [3.63, 3.8) is 0 Å². The predicted octanol–water partition coefficient (Wildman–Crippen LogP) is 3.14. The lowest BCUT2D eigenvalue weighted by Gasteiger charge is -2.17. The Labute approximate surface area is 126 Å². The molecular formula is C16H15NO3S. The minimum atomic E-state index is -0.889. The highest BCUT2D eigenvalue weighted by Gasteiger charge is 2.37. The van der Waals surface area contributed by atoms with Crippen LogP contribution >= 0.6 is 11.3 Å². The first-order valence-corrected chi connectivity index (χ1v) is 7.71. The number of aryl methyl sites for hydroxylation is 1. The van der Waals surface area contributed by atoms with Crippen molar-refractivity contribution in [2.45, 2.75) is 19.3 Å². The number of para-hydroxylation sites is 1. The zero-order valence-electron chi connectivity index (χ0n) is 11.6. The molecule has 0 fully saturated rings. The summed E-state index contributed by atoms with van der Waals surface area (Å²) in [6.07, 6.45) is 0.794. The van der Waals surface area contributed by atoms with E-state index in [4.69, 9.17) is 0 Å². The molecule has 4 nitrogen and oxygen atoms in total. The first-order chi connectivity index (χ1) is 10.1. The second kappa shape index (κ2) is 5.33. The van der Waals surface area contributed by atoms with Crippen molar-refractivity contribution in [2.24, 2.45) is 0 Å². The van der Waals surface area contributed by atoms with Crippen LogP contribution in [0.25, 0.3) is 0 Å². The summed E-state index contributed by atoms with van der Waals surface area (Å²) in [6, 6.07) is 9.20. The number of nitrogens with zero attached hydrogens (tertiary/aromatic N) is 1. The van der Waals surface area contributed by atoms with Crippen LogP contribution < -0.4 is 4.90 Å². The number of benzene rings is 1. The highest BCUT2D eigenvalue weighted by atomic mass is 32.1. The zero-order chi connectivity index (χ0) is 15.0. The highest BCUT2D eigenvalue weighted by Crippen LogP contribution is 2.37. The smallest absolute Gasteiger partial charge is 0.312 e. The zero-order valence-corrected chi connectivity index (χ0v) is 12.4. The van der Waals surface area contributed by atoms with Gasteiger partial charge in [0.25, 0.3) is 5.91 Å². The van der Waals surface area contributed by atoms with Crippen LogP contribution in [0.2, 0.25) is 0 Å². The SMILES string of the molecule is CCc1ccsc1C(=O)N1C[C@H](C(=O)O)c2ccccc21. The number of carboxylic acid groups (broad SMARTS) is 1. The van der Waals surface area contributed by atoms with Gasteiger partial charge in [-0.2, -0.15) is 0 Å². The first-order valence-electron chi connectivity index (χ1n) is 6.83. The maximum atomic E-state index is 12.8. The molecule has 0 spiro atoms. The van der Waals surface area contributed by atoms with E-state index in [1.54, 1.807) is 11.0 Å². The maximum Gasteiger partial charge on any atom is 0.312 e. The number of carbonyl (C=O) groups is 2. The summed E-state index contributed by atoms with van der Waals surface area (Å²) in [5.74, 6) is -1.63. The molecule has 1 aromatic heterocycles. The van der Waals surface area contributed by atoms with Crippen molar-refractivity contribution in [3.05, 3.63) is 51.7 Å². The molecule has 0 bridgehead atoms. The normalized spacial score (nSPS) is 16.8. The number of carboxylic acids is 1. The largest absolute Gasteiger partial charge is 0.481 e. The molecule has 5 heteroatoms. The number of carbonyl (C=O) groups excluding carboxylic acids is 1. The van der Waals surface area contributed by atoms with Crippen LogP contribution in [0.1, 0.15) is 33.6 Å². The number of anilines is 1. The van der Waals surface area contributed by atoms with Crippen LogP contribution in [0.5, 0.6) is 0 Å². The van der Waals surface area contributed by atoms with E-state index in [2.05, 4.69) is 0 Å². The molecule has 0 saturated heterocycles. The second-order valence-electron chi connectivity index (χ2n) is 4.99. The molecule has 1 N–H and O–H groups in total. The molecule has 3 rings (SSSR count). The number of amides is 1. The van der Waals surface area contributed by atoms with Crippen LogP contribution in [-0.2, 0) is 11.2 Å². The molecule has 0 unspecified atom stereocenters. The van der Waals surface area contributed by atoms with Gasteiger partial charge in [0.05, 0.1) is 4.88 Å². The van der Waals surface area contributed by atoms with Crippen molar-refractivity contribution >= 4 is 28.9 Å². The summed E-state index contributed by atoms with van der Waals surface area (Å²) in [6.45, 7) is 2.21. The van der Waals surface area contributed by atoms with Gasteiger partial charge in [0.15, 0.2) is 0 Å². The third kappa shape index (κ3) is 2.23. The minimum absolute atomic E-state index is 0.0990. The van der Waals surface area contributed by atoms with E-state index in [1.807, 2.05) is 36.6 Å². The number of hydrogen-bond acceptors (Lipinski definition) is 3. The quantitative estimate of drug-likeness (QED) is 0.947. The van der Waals surface area contributed by atoms with Crippen molar-refractivity contribution in [2.75, 3.05) is 11.4 Å². The van der Waals surface area contributed by atoms with Gasteiger partial charge in [-0.15, -0.1) is 11.3 Å². The third-order valence-electron chi connectivity index (χ3n) is 3.83. The monoisotopic (exact) mass is 301 g/mol. The molecule has 0 aliphatic carbocycles. The Morgan fingerprint density at radius 2 is 2.10 bits per heavy atom. The summed E-state index contributed by atoms with van der Waals surface area (Å²) in [5, 5.41) is 11.3. The van der Waals surface area contributed by atoms with Gasteiger partial charge in [0.2, 0.25) is 0 Å². The van der Waals surface area contributed by atoms with Gasteiger partial charge in [-0.25, -0.2) is 0 Å². The molecule has 0 saturated carbocycles. The number of aliphatic carboxylic acids is 1. The standard InChI is InChI=1S/C16H15NO3S/c1-2-10-7-8-21-14(10)15(18)17-9-12(16(19)20)11-5-3-4-6-13(11)17/h3-8,12H,2,9H2,1H3,(H,19,20)/t12-/m0/s1. The molecule has 2 heterocycles. The summed E-state index contributed by atoms with van der Waals surface area (Å²) in [5.41, 5.74) is 2.44. The van der Waals surface area contributed by atoms with E-state index in [0.717, 1.165) is 12.0 Å². The van der Waals surface area contributed by atoms with Crippen LogP contribution in [0.3, 0.4) is 0 Å². The maximum absolute atomic E-state index is 12.8. The summed E-state index contributed by atoms with van der Waals surface area (Å²) in [7, 11) is 0. The van der Waals surface area contributed by atoms with E-state index in [9.17, 15) is 14.7 Å². The van der Waals surface area contributed by atoms with Crippen LogP contribution in [-0.4, -0.2) is 23.5 Å². The van der Waals surface area contributed by atoms with E-state index in [1.165, 1.54) is 11.3 Å². The van der Waals surface area contributed by atoms with Gasteiger partial charge in [-0.3, -0.25) is 9.59 Å². The van der Waals surface area contributed by atoms with Crippen molar-refractivity contribution < 1.29 is 14.7 Å². The fraction of sp³-hybridized carbons (Fsp3) is 0.250. The van der Waals surface area contributed by atoms with Crippen LogP contribution in [0, 0.1) is 0 Å². The average molecular weight is 301 g/mol. The summed E-state index contributed by atoms with van der Waals surface area (Å²) < 4.78 is 0. The molecular weight excluding hydrogens is 286 g/mol. The lowest BCUT2D eigenvalue weighted by atomic mass is 10.0. The Kier molecular flexibility index (Phi) is 3.51. The fourth-order valence-electron chi connectivity index (χ4n) is 2.74. The number of thiophene rings is 1. The minimum Gasteiger partial charge on any atom is -0.481 e. The topological polar surface area (TPSA) is 57.6 Å². The summed E-state index contributed by atoms with van der Waals surface area (Å²) >= 11 is 1.41. The average Bonchev–Trinajstić information content (AvgIpc) is 3.11. The van der Waals surface area contributed by atoms with Crippen molar-refractivity contribution in [3.8, 4) is 0 Å². The molecule has 0 radical (unpaired) electrons. The van der Waals surface area contributed by atoms with Gasteiger partial charge >= 0.3 is 5.97 Å². The van der Waals surface area contributed by atoms with E-state index in [-0.39, 0.29) is 12.5 Å². The molecule has 1 aliphatic heterocycles. The van der Waals surface area contributed by atoms with E-state index >= 15 is 0 Å². The summed E-state index contributed by atoms with van der Waals surface area (Å²) in [4.78, 5) is 26.5. The second-order valence-corrected chi connectivity index (χ2v) is 5.91. The van der Waals surface area contributed by atoms with Gasteiger partial charge in [-0.05, 0) is 35.1 Å². The molecule has 1 aliphatic rings. The molecule has 1 atom stereocenters. The van der Waals surface area contributed by atoms with Crippen molar-refractivity contribution in [1.29, 1.82) is 0 Å². The third-order valence-corrected chi connectivity index (χ3v) is 4.78. The lowest BCUT2D eigenvalue weighted by molar-refractivity contribution is -0.138. The van der Waals surface area contributed by atoms with Gasteiger partial charge in [0.1, 0.15) is 5.92 Å². The van der Waals surface area contributed by atoms with E-state index in [0.29, 0.717) is 16.1 Å². The van der Waals surface area contributed by atoms with Gasteiger partial charge < -0.3 is 10.0 Å². The lowest BCUT2D eigenvalue weighted by Crippen LogP contribution is -2.31. The predicted molar refractivity (Wildman–Crippen MR) is 82.2 cm³/mol. The first kappa shape index (κ1) is 13.8. The van der Waals surface area contributed by atoms with Gasteiger partial charge in [0, 0.05) is 12.2 Å².